The van der Waals surface area contributed by atoms with Crippen LogP contribution in [0.15, 0.2) is 22.7 Å². The number of halogens is 1. The molecule has 1 rings (SSSR count). The maximum absolute atomic E-state index is 10.8. The van der Waals surface area contributed by atoms with Crippen LogP contribution < -0.4 is 4.74 Å². The van der Waals surface area contributed by atoms with Gasteiger partial charge >= 0.3 is 11.7 Å². The summed E-state index contributed by atoms with van der Waals surface area (Å²) in [4.78, 5) is 20.9. The normalized spacial score (nSPS) is 9.62. The lowest BCUT2D eigenvalue weighted by Crippen LogP contribution is -2.13. The highest BCUT2D eigenvalue weighted by molar-refractivity contribution is 9.10. The van der Waals surface area contributed by atoms with E-state index in [1.54, 1.807) is 6.07 Å². The highest BCUT2D eigenvalue weighted by Crippen LogP contribution is 2.34. The maximum Gasteiger partial charge on any atom is 0.343 e. The van der Waals surface area contributed by atoms with Gasteiger partial charge in [0.2, 0.25) is 5.75 Å². The average molecular weight is 290 g/mol. The molecule has 0 amide bonds. The molecule has 0 atom stereocenters. The fourth-order valence-corrected chi connectivity index (χ4v) is 1.44. The molecule has 0 heterocycles. The Morgan fingerprint density at radius 1 is 1.56 bits per heavy atom. The fourth-order valence-electron chi connectivity index (χ4n) is 0.974. The van der Waals surface area contributed by atoms with Crippen molar-refractivity contribution in [2.45, 2.75) is 0 Å². The van der Waals surface area contributed by atoms with Crippen molar-refractivity contribution in [2.75, 3.05) is 13.7 Å². The lowest BCUT2D eigenvalue weighted by atomic mass is 10.3. The van der Waals surface area contributed by atoms with Crippen LogP contribution in [0, 0.1) is 10.1 Å². The quantitative estimate of drug-likeness (QED) is 0.481. The van der Waals surface area contributed by atoms with Gasteiger partial charge in [-0.15, -0.1) is 0 Å². The zero-order valence-electron chi connectivity index (χ0n) is 8.31. The van der Waals surface area contributed by atoms with Crippen LogP contribution in [0.4, 0.5) is 5.69 Å². The number of rotatable bonds is 4. The third-order valence-corrected chi connectivity index (χ3v) is 2.33. The first-order valence-electron chi connectivity index (χ1n) is 4.18. The Kier molecular flexibility index (Phi) is 4.24. The molecule has 0 aliphatic rings. The van der Waals surface area contributed by atoms with Gasteiger partial charge in [0.05, 0.1) is 16.5 Å². The molecule has 7 heteroatoms. The summed E-state index contributed by atoms with van der Waals surface area (Å²) in [6.45, 7) is -0.375. The predicted octanol–water partition coefficient (Wildman–Crippen LogP) is 1.91. The van der Waals surface area contributed by atoms with Crippen LogP contribution >= 0.6 is 15.9 Å². The molecule has 0 saturated carbocycles. The smallest absolute Gasteiger partial charge is 0.343 e. The molecule has 6 nitrogen and oxygen atoms in total. The number of hydrogen-bond acceptors (Lipinski definition) is 5. The molecule has 0 aromatic heterocycles. The standard InChI is InChI=1S/C9H8BrNO5/c1-15-8(12)5-16-9-6(10)3-2-4-7(9)11(13)14/h2-4H,5H2,1H3. The number of methoxy groups -OCH3 is 1. The maximum atomic E-state index is 10.8. The van der Waals surface area contributed by atoms with Crippen LogP contribution in [-0.4, -0.2) is 24.6 Å². The number of carbonyl (C=O) groups excluding carboxylic acids is 1. The summed E-state index contributed by atoms with van der Waals surface area (Å²) in [6.07, 6.45) is 0. The number of esters is 1. The Bertz CT molecular complexity index is 420. The van der Waals surface area contributed by atoms with E-state index in [1.807, 2.05) is 0 Å². The van der Waals surface area contributed by atoms with Gasteiger partial charge in [-0.2, -0.15) is 0 Å². The lowest BCUT2D eigenvalue weighted by Gasteiger charge is -2.06. The van der Waals surface area contributed by atoms with Crippen molar-refractivity contribution in [1.29, 1.82) is 0 Å². The van der Waals surface area contributed by atoms with Gasteiger partial charge in [0.1, 0.15) is 0 Å². The first-order valence-corrected chi connectivity index (χ1v) is 4.98. The molecule has 0 aliphatic carbocycles. The molecule has 16 heavy (non-hydrogen) atoms. The summed E-state index contributed by atoms with van der Waals surface area (Å²) in [5.41, 5.74) is -0.210. The van der Waals surface area contributed by atoms with Crippen molar-refractivity contribution in [3.63, 3.8) is 0 Å². The molecule has 0 N–H and O–H groups in total. The number of benzene rings is 1. The van der Waals surface area contributed by atoms with E-state index in [0.717, 1.165) is 0 Å². The van der Waals surface area contributed by atoms with Crippen molar-refractivity contribution in [3.8, 4) is 5.75 Å². The minimum Gasteiger partial charge on any atom is -0.474 e. The largest absolute Gasteiger partial charge is 0.474 e. The second-order valence-corrected chi connectivity index (χ2v) is 3.56. The summed E-state index contributed by atoms with van der Waals surface area (Å²) in [7, 11) is 1.21. The molecule has 1 aromatic carbocycles. The van der Waals surface area contributed by atoms with Crippen LogP contribution in [0.2, 0.25) is 0 Å². The number of nitro groups is 1. The minimum atomic E-state index is -0.606. The van der Waals surface area contributed by atoms with Crippen molar-refractivity contribution >= 4 is 27.6 Å². The molecule has 0 spiro atoms. The number of nitrogens with zero attached hydrogens (tertiary/aromatic N) is 1. The molecule has 86 valence electrons. The SMILES string of the molecule is COC(=O)COc1c(Br)cccc1[N+](=O)[O-]. The molecule has 0 unspecified atom stereocenters. The number of nitro benzene ring substituents is 1. The highest BCUT2D eigenvalue weighted by Gasteiger charge is 2.18. The van der Waals surface area contributed by atoms with E-state index in [9.17, 15) is 14.9 Å². The van der Waals surface area contributed by atoms with Crippen LogP contribution in [0.25, 0.3) is 0 Å². The Morgan fingerprint density at radius 3 is 2.81 bits per heavy atom. The van der Waals surface area contributed by atoms with Crippen molar-refractivity contribution in [3.05, 3.63) is 32.8 Å². The molecular formula is C9H8BrNO5. The second-order valence-electron chi connectivity index (χ2n) is 2.71. The second kappa shape index (κ2) is 5.45. The first kappa shape index (κ1) is 12.4. The van der Waals surface area contributed by atoms with E-state index >= 15 is 0 Å². The van der Waals surface area contributed by atoms with Crippen LogP contribution in [0.1, 0.15) is 0 Å². The number of hydrogen-bond donors (Lipinski definition) is 0. The van der Waals surface area contributed by atoms with Crippen molar-refractivity contribution < 1.29 is 19.2 Å². The number of para-hydroxylation sites is 1. The lowest BCUT2D eigenvalue weighted by molar-refractivity contribution is -0.385. The van der Waals surface area contributed by atoms with E-state index in [2.05, 4.69) is 20.7 Å². The molecular weight excluding hydrogens is 282 g/mol. The number of ether oxygens (including phenoxy) is 2. The predicted molar refractivity (Wildman–Crippen MR) is 58.3 cm³/mol. The van der Waals surface area contributed by atoms with E-state index < -0.39 is 10.9 Å². The van der Waals surface area contributed by atoms with Gasteiger partial charge in [-0.1, -0.05) is 6.07 Å². The zero-order chi connectivity index (χ0) is 12.1. The van der Waals surface area contributed by atoms with Crippen molar-refractivity contribution in [1.82, 2.24) is 0 Å². The van der Waals surface area contributed by atoms with Crippen molar-refractivity contribution in [2.24, 2.45) is 0 Å². The monoisotopic (exact) mass is 289 g/mol. The van der Waals surface area contributed by atoms with Crippen LogP contribution in [0.3, 0.4) is 0 Å². The minimum absolute atomic E-state index is 0.0119. The summed E-state index contributed by atoms with van der Waals surface area (Å²) >= 11 is 3.11. The third-order valence-electron chi connectivity index (χ3n) is 1.70. The van der Waals surface area contributed by atoms with Gasteiger partial charge < -0.3 is 9.47 Å². The Hall–Kier alpha value is -1.63. The van der Waals surface area contributed by atoms with Gasteiger partial charge in [0, 0.05) is 6.07 Å². The summed E-state index contributed by atoms with van der Waals surface area (Å²) < 4.78 is 9.79. The van der Waals surface area contributed by atoms with Crippen LogP contribution in [-0.2, 0) is 9.53 Å². The van der Waals surface area contributed by atoms with E-state index in [4.69, 9.17) is 4.74 Å². The van der Waals surface area contributed by atoms with Gasteiger partial charge in [-0.3, -0.25) is 10.1 Å². The van der Waals surface area contributed by atoms with Gasteiger partial charge in [-0.05, 0) is 22.0 Å². The van der Waals surface area contributed by atoms with Gasteiger partial charge in [-0.25, -0.2) is 4.79 Å². The summed E-state index contributed by atoms with van der Waals surface area (Å²) in [6, 6.07) is 4.38. The van der Waals surface area contributed by atoms with E-state index in [1.165, 1.54) is 19.2 Å². The topological polar surface area (TPSA) is 78.7 Å². The molecule has 0 bridgehead atoms. The third kappa shape index (κ3) is 2.93. The van der Waals surface area contributed by atoms with Gasteiger partial charge in [0.15, 0.2) is 6.61 Å². The average Bonchev–Trinajstić information content (AvgIpc) is 2.26. The van der Waals surface area contributed by atoms with E-state index in [0.29, 0.717) is 4.47 Å². The van der Waals surface area contributed by atoms with Crippen LogP contribution in [0.5, 0.6) is 5.75 Å². The fraction of sp³-hybridized carbons (Fsp3) is 0.222. The number of carbonyl (C=O) groups is 1. The zero-order valence-corrected chi connectivity index (χ0v) is 9.89. The molecule has 0 radical (unpaired) electrons. The Morgan fingerprint density at radius 2 is 2.25 bits per heavy atom. The molecule has 0 fully saturated rings. The first-order chi connectivity index (χ1) is 7.56. The molecule has 0 saturated heterocycles. The Labute approximate surface area is 99.4 Å². The van der Waals surface area contributed by atoms with E-state index in [-0.39, 0.29) is 18.0 Å². The molecule has 1 aromatic rings. The van der Waals surface area contributed by atoms with Gasteiger partial charge in [0.25, 0.3) is 0 Å². The molecule has 0 aliphatic heterocycles. The Balaban J connectivity index is 2.93. The highest BCUT2D eigenvalue weighted by atomic mass is 79.9. The summed E-state index contributed by atoms with van der Waals surface area (Å²) in [5, 5.41) is 10.7. The summed E-state index contributed by atoms with van der Waals surface area (Å²) in [5.74, 6) is -0.594.